The standard InChI is InChI=1S/C16H13FIN3O4S/c1-21(26(2,23)24)15-11(18)7-10-12(14(19)22)13(25-16(10)20-15)8-3-5-9(17)6-4-8/h3-7H,1-2H3,(H2,19,22). The molecule has 0 fully saturated rings. The second kappa shape index (κ2) is 6.50. The van der Waals surface area contributed by atoms with E-state index in [4.69, 9.17) is 10.2 Å². The molecule has 1 amide bonds. The quantitative estimate of drug-likeness (QED) is 0.568. The number of fused-ring (bicyclic) bond motifs is 1. The van der Waals surface area contributed by atoms with E-state index in [-0.39, 0.29) is 22.9 Å². The lowest BCUT2D eigenvalue weighted by Crippen LogP contribution is -2.26. The Labute approximate surface area is 162 Å². The van der Waals surface area contributed by atoms with Crippen molar-refractivity contribution in [2.45, 2.75) is 0 Å². The molecule has 3 rings (SSSR count). The minimum absolute atomic E-state index is 0.0593. The molecule has 0 saturated heterocycles. The smallest absolute Gasteiger partial charge is 0.253 e. The molecule has 2 N–H and O–H groups in total. The largest absolute Gasteiger partial charge is 0.437 e. The van der Waals surface area contributed by atoms with Gasteiger partial charge in [-0.05, 0) is 52.9 Å². The number of nitrogens with zero attached hydrogens (tertiary/aromatic N) is 2. The zero-order chi connectivity index (χ0) is 19.2. The summed E-state index contributed by atoms with van der Waals surface area (Å²) in [6.07, 6.45) is 1.05. The topological polar surface area (TPSA) is 106 Å². The first-order valence-corrected chi connectivity index (χ1v) is 10.1. The number of pyridine rings is 1. The number of aromatic nitrogens is 1. The Morgan fingerprint density at radius 3 is 2.46 bits per heavy atom. The molecule has 2 aromatic heterocycles. The fourth-order valence-corrected chi connectivity index (χ4v) is 3.83. The van der Waals surface area contributed by atoms with Crippen LogP contribution in [0.25, 0.3) is 22.4 Å². The highest BCUT2D eigenvalue weighted by Gasteiger charge is 2.25. The van der Waals surface area contributed by atoms with Crippen molar-refractivity contribution in [3.8, 4) is 11.3 Å². The van der Waals surface area contributed by atoms with Crippen molar-refractivity contribution >= 4 is 55.4 Å². The molecule has 26 heavy (non-hydrogen) atoms. The number of sulfonamides is 1. The average molecular weight is 489 g/mol. The second-order valence-corrected chi connectivity index (χ2v) is 8.73. The number of nitrogens with two attached hydrogens (primary N) is 1. The maximum atomic E-state index is 13.2. The maximum absolute atomic E-state index is 13.2. The molecule has 0 radical (unpaired) electrons. The van der Waals surface area contributed by atoms with E-state index in [0.29, 0.717) is 14.5 Å². The van der Waals surface area contributed by atoms with Gasteiger partial charge in [0.1, 0.15) is 11.6 Å². The van der Waals surface area contributed by atoms with Crippen molar-refractivity contribution in [1.29, 1.82) is 0 Å². The van der Waals surface area contributed by atoms with E-state index in [2.05, 4.69) is 4.98 Å². The normalized spacial score (nSPS) is 11.7. The Hall–Kier alpha value is -2.21. The van der Waals surface area contributed by atoms with Crippen molar-refractivity contribution in [1.82, 2.24) is 4.98 Å². The minimum Gasteiger partial charge on any atom is -0.437 e. The molecule has 2 heterocycles. The summed E-state index contributed by atoms with van der Waals surface area (Å²) in [5, 5.41) is 0.354. The van der Waals surface area contributed by atoms with E-state index in [1.807, 2.05) is 22.6 Å². The van der Waals surface area contributed by atoms with Crippen molar-refractivity contribution in [3.63, 3.8) is 0 Å². The molecule has 10 heteroatoms. The van der Waals surface area contributed by atoms with E-state index in [1.165, 1.54) is 31.3 Å². The molecule has 7 nitrogen and oxygen atoms in total. The van der Waals surface area contributed by atoms with Crippen molar-refractivity contribution in [2.24, 2.45) is 5.73 Å². The van der Waals surface area contributed by atoms with E-state index in [0.717, 1.165) is 10.6 Å². The number of carbonyl (C=O) groups excluding carboxylic acids is 1. The third kappa shape index (κ3) is 3.26. The van der Waals surface area contributed by atoms with Crippen molar-refractivity contribution in [2.75, 3.05) is 17.6 Å². The molecule has 0 atom stereocenters. The van der Waals surface area contributed by atoms with Crippen molar-refractivity contribution in [3.05, 3.63) is 45.3 Å². The summed E-state index contributed by atoms with van der Waals surface area (Å²) in [5.74, 6) is -0.855. The summed E-state index contributed by atoms with van der Waals surface area (Å²) in [5.41, 5.74) is 6.11. The monoisotopic (exact) mass is 489 g/mol. The Balaban J connectivity index is 2.30. The van der Waals surface area contributed by atoms with E-state index >= 15 is 0 Å². The van der Waals surface area contributed by atoms with E-state index < -0.39 is 21.7 Å². The van der Waals surface area contributed by atoms with Gasteiger partial charge < -0.3 is 10.2 Å². The van der Waals surface area contributed by atoms with Gasteiger partial charge in [-0.3, -0.25) is 9.10 Å². The summed E-state index contributed by atoms with van der Waals surface area (Å²) in [7, 11) is -2.17. The Kier molecular flexibility index (Phi) is 4.65. The number of anilines is 1. The lowest BCUT2D eigenvalue weighted by Gasteiger charge is -2.16. The first-order chi connectivity index (χ1) is 12.1. The molecular formula is C16H13FIN3O4S. The van der Waals surface area contributed by atoms with E-state index in [9.17, 15) is 17.6 Å². The number of hydrogen-bond acceptors (Lipinski definition) is 5. The van der Waals surface area contributed by atoms with Gasteiger partial charge in [0.25, 0.3) is 5.91 Å². The Morgan fingerprint density at radius 1 is 1.31 bits per heavy atom. The van der Waals surface area contributed by atoms with Crippen LogP contribution in [0.1, 0.15) is 10.4 Å². The van der Waals surface area contributed by atoms with Gasteiger partial charge in [-0.15, -0.1) is 0 Å². The maximum Gasteiger partial charge on any atom is 0.253 e. The van der Waals surface area contributed by atoms with Crippen molar-refractivity contribution < 1.29 is 22.0 Å². The van der Waals surface area contributed by atoms with E-state index in [1.54, 1.807) is 6.07 Å². The molecule has 0 aliphatic heterocycles. The highest BCUT2D eigenvalue weighted by atomic mass is 127. The minimum atomic E-state index is -3.53. The third-order valence-corrected chi connectivity index (χ3v) is 5.73. The average Bonchev–Trinajstić information content (AvgIpc) is 2.91. The van der Waals surface area contributed by atoms with Crippen LogP contribution in [0, 0.1) is 9.39 Å². The predicted octanol–water partition coefficient (Wildman–Crippen LogP) is 2.73. The van der Waals surface area contributed by atoms with Crippen LogP contribution in [0.3, 0.4) is 0 Å². The molecular weight excluding hydrogens is 476 g/mol. The molecule has 3 aromatic rings. The van der Waals surface area contributed by atoms with Gasteiger partial charge in [0.05, 0.1) is 20.8 Å². The highest BCUT2D eigenvalue weighted by Crippen LogP contribution is 2.35. The van der Waals surface area contributed by atoms with Crippen LogP contribution in [0.2, 0.25) is 0 Å². The van der Waals surface area contributed by atoms with Crippen LogP contribution in [0.4, 0.5) is 10.2 Å². The number of amides is 1. The molecule has 0 aliphatic rings. The molecule has 0 spiro atoms. The number of hydrogen-bond donors (Lipinski definition) is 1. The Morgan fingerprint density at radius 2 is 1.92 bits per heavy atom. The number of rotatable bonds is 4. The lowest BCUT2D eigenvalue weighted by molar-refractivity contribution is 0.100. The summed E-state index contributed by atoms with van der Waals surface area (Å²) >= 11 is 1.92. The zero-order valence-electron chi connectivity index (χ0n) is 13.7. The summed E-state index contributed by atoms with van der Waals surface area (Å²) in [6.45, 7) is 0. The SMILES string of the molecule is CN(c1nc2oc(-c3ccc(F)cc3)c(C(N)=O)c2cc1I)S(C)(=O)=O. The fourth-order valence-electron chi connectivity index (χ4n) is 2.42. The number of benzene rings is 1. The second-order valence-electron chi connectivity index (χ2n) is 5.55. The van der Waals surface area contributed by atoms with Crippen LogP contribution in [0.15, 0.2) is 34.7 Å². The van der Waals surface area contributed by atoms with Gasteiger partial charge in [0, 0.05) is 12.6 Å². The lowest BCUT2D eigenvalue weighted by atomic mass is 10.1. The Bertz CT molecular complexity index is 1130. The molecule has 0 unspecified atom stereocenters. The molecule has 136 valence electrons. The van der Waals surface area contributed by atoms with Crippen LogP contribution in [-0.4, -0.2) is 32.6 Å². The summed E-state index contributed by atoms with van der Waals surface area (Å²) < 4.78 is 44.0. The number of furan rings is 1. The van der Waals surface area contributed by atoms with Gasteiger partial charge in [0.15, 0.2) is 5.82 Å². The first kappa shape index (κ1) is 18.6. The number of carbonyl (C=O) groups is 1. The fraction of sp³-hybridized carbons (Fsp3) is 0.125. The molecule has 0 bridgehead atoms. The van der Waals surface area contributed by atoms with Gasteiger partial charge >= 0.3 is 0 Å². The molecule has 0 aliphatic carbocycles. The third-order valence-electron chi connectivity index (χ3n) is 3.77. The van der Waals surface area contributed by atoms with Gasteiger partial charge in [-0.2, -0.15) is 4.98 Å². The van der Waals surface area contributed by atoms with Gasteiger partial charge in [-0.1, -0.05) is 0 Å². The number of halogens is 2. The van der Waals surface area contributed by atoms with Crippen LogP contribution in [0.5, 0.6) is 0 Å². The summed E-state index contributed by atoms with van der Waals surface area (Å²) in [6, 6.07) is 6.94. The predicted molar refractivity (Wildman–Crippen MR) is 104 cm³/mol. The van der Waals surface area contributed by atoms with Crippen LogP contribution >= 0.6 is 22.6 Å². The first-order valence-electron chi connectivity index (χ1n) is 7.22. The highest BCUT2D eigenvalue weighted by molar-refractivity contribution is 14.1. The van der Waals surface area contributed by atoms with Gasteiger partial charge in [-0.25, -0.2) is 12.8 Å². The molecule has 1 aromatic carbocycles. The van der Waals surface area contributed by atoms with Crippen LogP contribution < -0.4 is 10.0 Å². The van der Waals surface area contributed by atoms with Gasteiger partial charge in [0.2, 0.25) is 15.7 Å². The molecule has 0 saturated carbocycles. The summed E-state index contributed by atoms with van der Waals surface area (Å²) in [4.78, 5) is 16.2. The number of primary amides is 1. The van der Waals surface area contributed by atoms with Crippen LogP contribution in [-0.2, 0) is 10.0 Å². The zero-order valence-corrected chi connectivity index (χ0v) is 16.6.